The van der Waals surface area contributed by atoms with Crippen LogP contribution in [-0.2, 0) is 9.53 Å². The SMILES string of the molecule is CCOc1cccc(/C=C(\C#N)C(=O)Nc2sc(C(=O)N(CC)CC)c(C)c2C(=O)OC)c1. The summed E-state index contributed by atoms with van der Waals surface area (Å²) >= 11 is 0.988. The average Bonchev–Trinajstić information content (AvgIpc) is 3.13. The summed E-state index contributed by atoms with van der Waals surface area (Å²) in [6, 6.07) is 8.87. The molecule has 2 aromatic rings. The van der Waals surface area contributed by atoms with Gasteiger partial charge in [-0.05, 0) is 57.0 Å². The third-order valence-corrected chi connectivity index (χ3v) is 6.05. The topological polar surface area (TPSA) is 109 Å². The number of carbonyl (C=O) groups is 3. The van der Waals surface area contributed by atoms with E-state index in [0.717, 1.165) is 11.3 Å². The van der Waals surface area contributed by atoms with Crippen molar-refractivity contribution in [2.45, 2.75) is 27.7 Å². The molecule has 0 radical (unpaired) electrons. The highest BCUT2D eigenvalue weighted by Gasteiger charge is 2.28. The van der Waals surface area contributed by atoms with Crippen molar-refractivity contribution in [2.24, 2.45) is 0 Å². The van der Waals surface area contributed by atoms with Crippen LogP contribution in [0.25, 0.3) is 6.08 Å². The number of anilines is 1. The Bertz CT molecular complexity index is 1110. The number of thiophene rings is 1. The molecule has 0 fully saturated rings. The largest absolute Gasteiger partial charge is 0.494 e. The Balaban J connectivity index is 2.43. The maximum absolute atomic E-state index is 12.9. The highest BCUT2D eigenvalue weighted by Crippen LogP contribution is 2.35. The normalized spacial score (nSPS) is 10.8. The molecule has 0 aliphatic rings. The second kappa shape index (κ2) is 11.8. The monoisotopic (exact) mass is 469 g/mol. The van der Waals surface area contributed by atoms with Gasteiger partial charge in [0, 0.05) is 13.1 Å². The molecule has 0 saturated heterocycles. The van der Waals surface area contributed by atoms with Crippen LogP contribution in [-0.4, -0.2) is 49.5 Å². The highest BCUT2D eigenvalue weighted by atomic mass is 32.1. The Kier molecular flexibility index (Phi) is 9.18. The zero-order chi connectivity index (χ0) is 24.5. The molecule has 1 heterocycles. The summed E-state index contributed by atoms with van der Waals surface area (Å²) in [7, 11) is 1.23. The van der Waals surface area contributed by atoms with Gasteiger partial charge in [0.25, 0.3) is 11.8 Å². The van der Waals surface area contributed by atoms with E-state index in [1.165, 1.54) is 13.2 Å². The molecule has 33 heavy (non-hydrogen) atoms. The van der Waals surface area contributed by atoms with Gasteiger partial charge >= 0.3 is 5.97 Å². The van der Waals surface area contributed by atoms with Gasteiger partial charge < -0.3 is 19.7 Å². The van der Waals surface area contributed by atoms with Crippen molar-refractivity contribution in [3.8, 4) is 11.8 Å². The number of amides is 2. The molecule has 1 N–H and O–H groups in total. The van der Waals surface area contributed by atoms with Crippen LogP contribution in [0.1, 0.15) is 51.9 Å². The Hall–Kier alpha value is -3.64. The third kappa shape index (κ3) is 5.99. The number of nitrogens with zero attached hydrogens (tertiary/aromatic N) is 2. The molecule has 2 rings (SSSR count). The van der Waals surface area contributed by atoms with Crippen LogP contribution in [0.3, 0.4) is 0 Å². The maximum atomic E-state index is 12.9. The minimum Gasteiger partial charge on any atom is -0.494 e. The van der Waals surface area contributed by atoms with Crippen molar-refractivity contribution in [1.29, 1.82) is 5.26 Å². The summed E-state index contributed by atoms with van der Waals surface area (Å²) in [5.74, 6) is -1.00. The number of ether oxygens (including phenoxy) is 2. The molecule has 0 aliphatic heterocycles. The van der Waals surface area contributed by atoms with E-state index in [-0.39, 0.29) is 22.0 Å². The van der Waals surface area contributed by atoms with E-state index >= 15 is 0 Å². The van der Waals surface area contributed by atoms with Crippen molar-refractivity contribution in [3.05, 3.63) is 51.4 Å². The molecular formula is C24H27N3O5S. The highest BCUT2D eigenvalue weighted by molar-refractivity contribution is 7.18. The fraction of sp³-hybridized carbons (Fsp3) is 0.333. The van der Waals surface area contributed by atoms with E-state index in [0.29, 0.717) is 41.4 Å². The van der Waals surface area contributed by atoms with Crippen LogP contribution < -0.4 is 10.1 Å². The molecule has 0 atom stereocenters. The third-order valence-electron chi connectivity index (χ3n) is 4.85. The Labute approximate surface area is 197 Å². The number of nitriles is 1. The minimum atomic E-state index is -0.701. The van der Waals surface area contributed by atoms with Crippen molar-refractivity contribution in [3.63, 3.8) is 0 Å². The molecule has 2 amide bonds. The van der Waals surface area contributed by atoms with Gasteiger partial charge in [-0.15, -0.1) is 11.3 Å². The molecule has 0 bridgehead atoms. The van der Waals surface area contributed by atoms with Gasteiger partial charge in [-0.2, -0.15) is 5.26 Å². The van der Waals surface area contributed by atoms with Crippen molar-refractivity contribution >= 4 is 40.2 Å². The van der Waals surface area contributed by atoms with E-state index in [1.54, 1.807) is 36.1 Å². The van der Waals surface area contributed by atoms with Gasteiger partial charge in [0.15, 0.2) is 0 Å². The van der Waals surface area contributed by atoms with Crippen LogP contribution in [0, 0.1) is 18.3 Å². The van der Waals surface area contributed by atoms with Gasteiger partial charge in [-0.25, -0.2) is 4.79 Å². The number of hydrogen-bond donors (Lipinski definition) is 1. The smallest absolute Gasteiger partial charge is 0.341 e. The zero-order valence-electron chi connectivity index (χ0n) is 19.4. The second-order valence-corrected chi connectivity index (χ2v) is 7.88. The van der Waals surface area contributed by atoms with E-state index in [4.69, 9.17) is 9.47 Å². The quantitative estimate of drug-likeness (QED) is 0.334. The molecule has 0 spiro atoms. The number of hydrogen-bond acceptors (Lipinski definition) is 7. The molecule has 8 nitrogen and oxygen atoms in total. The lowest BCUT2D eigenvalue weighted by atomic mass is 10.1. The number of benzene rings is 1. The van der Waals surface area contributed by atoms with Gasteiger partial charge in [0.1, 0.15) is 22.4 Å². The zero-order valence-corrected chi connectivity index (χ0v) is 20.2. The Morgan fingerprint density at radius 3 is 2.48 bits per heavy atom. The minimum absolute atomic E-state index is 0.0991. The summed E-state index contributed by atoms with van der Waals surface area (Å²) in [6.07, 6.45) is 1.43. The molecule has 0 saturated carbocycles. The van der Waals surface area contributed by atoms with Gasteiger partial charge in [-0.3, -0.25) is 9.59 Å². The first-order valence-electron chi connectivity index (χ1n) is 10.5. The summed E-state index contributed by atoms with van der Waals surface area (Å²) < 4.78 is 10.3. The molecule has 1 aromatic carbocycles. The molecule has 0 unspecified atom stereocenters. The Morgan fingerprint density at radius 2 is 1.91 bits per heavy atom. The lowest BCUT2D eigenvalue weighted by Crippen LogP contribution is -2.30. The number of esters is 1. The molecule has 174 valence electrons. The lowest BCUT2D eigenvalue weighted by Gasteiger charge is -2.17. The van der Waals surface area contributed by atoms with Crippen molar-refractivity contribution in [1.82, 2.24) is 4.90 Å². The standard InChI is InChI=1S/C24H27N3O5S/c1-6-27(7-2)23(29)20-15(4)19(24(30)31-5)22(33-20)26-21(28)17(14-25)12-16-10-9-11-18(13-16)32-8-3/h9-13H,6-8H2,1-5H3,(H,26,28)/b17-12+. The summed E-state index contributed by atoms with van der Waals surface area (Å²) in [5, 5.41) is 12.3. The van der Waals surface area contributed by atoms with E-state index < -0.39 is 11.9 Å². The van der Waals surface area contributed by atoms with E-state index in [9.17, 15) is 19.6 Å². The molecule has 9 heteroatoms. The number of nitrogens with one attached hydrogen (secondary N) is 1. The summed E-state index contributed by atoms with van der Waals surface area (Å²) in [5.41, 5.74) is 0.968. The fourth-order valence-electron chi connectivity index (χ4n) is 3.15. The number of rotatable bonds is 9. The average molecular weight is 470 g/mol. The predicted octanol–water partition coefficient (Wildman–Crippen LogP) is 4.27. The van der Waals surface area contributed by atoms with Gasteiger partial charge in [-0.1, -0.05) is 12.1 Å². The van der Waals surface area contributed by atoms with Crippen LogP contribution in [0.5, 0.6) is 5.75 Å². The fourth-order valence-corrected chi connectivity index (χ4v) is 4.31. The second-order valence-electron chi connectivity index (χ2n) is 6.86. The molecule has 1 aromatic heterocycles. The van der Waals surface area contributed by atoms with Crippen LogP contribution >= 0.6 is 11.3 Å². The molecule has 0 aliphatic carbocycles. The number of carbonyl (C=O) groups excluding carboxylic acids is 3. The predicted molar refractivity (Wildman–Crippen MR) is 127 cm³/mol. The Morgan fingerprint density at radius 1 is 1.21 bits per heavy atom. The lowest BCUT2D eigenvalue weighted by molar-refractivity contribution is -0.112. The number of methoxy groups -OCH3 is 1. The maximum Gasteiger partial charge on any atom is 0.341 e. The van der Waals surface area contributed by atoms with E-state index in [2.05, 4.69) is 5.32 Å². The first-order valence-corrected chi connectivity index (χ1v) is 11.3. The molecular weight excluding hydrogens is 442 g/mol. The van der Waals surface area contributed by atoms with Crippen LogP contribution in [0.2, 0.25) is 0 Å². The van der Waals surface area contributed by atoms with Crippen molar-refractivity contribution in [2.75, 3.05) is 32.1 Å². The van der Waals surface area contributed by atoms with E-state index in [1.807, 2.05) is 26.8 Å². The summed E-state index contributed by atoms with van der Waals surface area (Å²) in [6.45, 7) is 8.71. The van der Waals surface area contributed by atoms with Crippen molar-refractivity contribution < 1.29 is 23.9 Å². The van der Waals surface area contributed by atoms with Gasteiger partial charge in [0.05, 0.1) is 24.2 Å². The first-order chi connectivity index (χ1) is 15.8. The van der Waals surface area contributed by atoms with Gasteiger partial charge in [0.2, 0.25) is 0 Å². The van der Waals surface area contributed by atoms with Crippen LogP contribution in [0.15, 0.2) is 29.8 Å². The first kappa shape index (κ1) is 25.6. The van der Waals surface area contributed by atoms with Crippen LogP contribution in [0.4, 0.5) is 5.00 Å². The summed E-state index contributed by atoms with van der Waals surface area (Å²) in [4.78, 5) is 40.2.